The summed E-state index contributed by atoms with van der Waals surface area (Å²) in [5.74, 6) is 0.263. The van der Waals surface area contributed by atoms with Crippen LogP contribution in [0.1, 0.15) is 31.7 Å². The van der Waals surface area contributed by atoms with Gasteiger partial charge in [-0.3, -0.25) is 9.69 Å². The van der Waals surface area contributed by atoms with Gasteiger partial charge in [0, 0.05) is 11.7 Å². The zero-order valence-corrected chi connectivity index (χ0v) is 11.6. The van der Waals surface area contributed by atoms with Crippen LogP contribution in [-0.4, -0.2) is 36.5 Å². The van der Waals surface area contributed by atoms with Crippen LogP contribution in [0.5, 0.6) is 0 Å². The first kappa shape index (κ1) is 12.7. The molecule has 0 N–H and O–H groups in total. The Bertz CT molecular complexity index is 466. The standard InChI is InChI=1S/C16H22N2O/c1-13-11-14-7-3-4-8-15(14)18(13)16(19)12-17-9-5-2-6-10-17/h3-4,7-8,13H,2,5-6,9-12H2,1H3/t13-/m0/s1. The van der Waals surface area contributed by atoms with Crippen LogP contribution in [0.15, 0.2) is 24.3 Å². The maximum absolute atomic E-state index is 12.6. The highest BCUT2D eigenvalue weighted by atomic mass is 16.2. The molecule has 1 saturated heterocycles. The van der Waals surface area contributed by atoms with Gasteiger partial charge in [-0.05, 0) is 50.9 Å². The summed E-state index contributed by atoms with van der Waals surface area (Å²) in [6.07, 6.45) is 4.77. The van der Waals surface area contributed by atoms with E-state index in [-0.39, 0.29) is 5.91 Å². The fourth-order valence-electron chi connectivity index (χ4n) is 3.33. The first-order chi connectivity index (χ1) is 9.25. The predicted octanol–water partition coefficient (Wildman–Crippen LogP) is 2.45. The van der Waals surface area contributed by atoms with Crippen LogP contribution >= 0.6 is 0 Å². The van der Waals surface area contributed by atoms with Gasteiger partial charge in [0.15, 0.2) is 0 Å². The summed E-state index contributed by atoms with van der Waals surface area (Å²) in [6.45, 7) is 4.89. The summed E-state index contributed by atoms with van der Waals surface area (Å²) in [5, 5.41) is 0. The number of carbonyl (C=O) groups excluding carboxylic acids is 1. The summed E-state index contributed by atoms with van der Waals surface area (Å²) >= 11 is 0. The normalized spacial score (nSPS) is 23.4. The number of rotatable bonds is 2. The molecule has 1 amide bonds. The largest absolute Gasteiger partial charge is 0.308 e. The van der Waals surface area contributed by atoms with Gasteiger partial charge in [0.2, 0.25) is 5.91 Å². The van der Waals surface area contributed by atoms with Crippen LogP contribution in [0.4, 0.5) is 5.69 Å². The van der Waals surface area contributed by atoms with Gasteiger partial charge in [-0.25, -0.2) is 0 Å². The van der Waals surface area contributed by atoms with Gasteiger partial charge in [-0.15, -0.1) is 0 Å². The molecule has 3 heteroatoms. The number of para-hydroxylation sites is 1. The third-order valence-corrected chi connectivity index (χ3v) is 4.28. The number of hydrogen-bond acceptors (Lipinski definition) is 2. The molecule has 1 aromatic rings. The smallest absolute Gasteiger partial charge is 0.241 e. The van der Waals surface area contributed by atoms with Gasteiger partial charge in [0.1, 0.15) is 0 Å². The van der Waals surface area contributed by atoms with E-state index in [0.29, 0.717) is 12.6 Å². The summed E-state index contributed by atoms with van der Waals surface area (Å²) in [7, 11) is 0. The first-order valence-corrected chi connectivity index (χ1v) is 7.38. The molecule has 0 unspecified atom stereocenters. The number of anilines is 1. The molecule has 0 spiro atoms. The van der Waals surface area contributed by atoms with E-state index in [1.807, 2.05) is 11.0 Å². The van der Waals surface area contributed by atoms with Crippen LogP contribution in [0, 0.1) is 0 Å². The van der Waals surface area contributed by atoms with E-state index >= 15 is 0 Å². The molecule has 2 heterocycles. The summed E-state index contributed by atoms with van der Waals surface area (Å²) in [6, 6.07) is 8.60. The fourth-order valence-corrected chi connectivity index (χ4v) is 3.33. The number of hydrogen-bond donors (Lipinski definition) is 0. The van der Waals surface area contributed by atoms with E-state index in [1.54, 1.807) is 0 Å². The molecule has 1 atom stereocenters. The van der Waals surface area contributed by atoms with Crippen molar-refractivity contribution in [2.75, 3.05) is 24.5 Å². The highest BCUT2D eigenvalue weighted by molar-refractivity contribution is 5.97. The Balaban J connectivity index is 1.72. The van der Waals surface area contributed by atoms with Crippen molar-refractivity contribution in [3.8, 4) is 0 Å². The van der Waals surface area contributed by atoms with Gasteiger partial charge in [0.25, 0.3) is 0 Å². The van der Waals surface area contributed by atoms with Crippen LogP contribution in [0.3, 0.4) is 0 Å². The maximum atomic E-state index is 12.6. The van der Waals surface area contributed by atoms with Crippen molar-refractivity contribution in [2.24, 2.45) is 0 Å². The third-order valence-electron chi connectivity index (χ3n) is 4.28. The minimum Gasteiger partial charge on any atom is -0.308 e. The predicted molar refractivity (Wildman–Crippen MR) is 77.4 cm³/mol. The van der Waals surface area contributed by atoms with Crippen molar-refractivity contribution in [2.45, 2.75) is 38.6 Å². The van der Waals surface area contributed by atoms with Gasteiger partial charge in [-0.2, -0.15) is 0 Å². The lowest BCUT2D eigenvalue weighted by Crippen LogP contribution is -2.44. The molecule has 0 radical (unpaired) electrons. The van der Waals surface area contributed by atoms with Crippen molar-refractivity contribution >= 4 is 11.6 Å². The Morgan fingerprint density at radius 2 is 1.95 bits per heavy atom. The average Bonchev–Trinajstić information content (AvgIpc) is 2.75. The van der Waals surface area contributed by atoms with Crippen molar-refractivity contribution in [1.29, 1.82) is 0 Å². The number of carbonyl (C=O) groups is 1. The second kappa shape index (κ2) is 5.33. The van der Waals surface area contributed by atoms with Gasteiger partial charge < -0.3 is 4.90 Å². The Labute approximate surface area is 115 Å². The quantitative estimate of drug-likeness (QED) is 0.813. The van der Waals surface area contributed by atoms with Crippen LogP contribution in [-0.2, 0) is 11.2 Å². The lowest BCUT2D eigenvalue weighted by atomic mass is 10.1. The Hall–Kier alpha value is -1.35. The second-order valence-electron chi connectivity index (χ2n) is 5.78. The van der Waals surface area contributed by atoms with E-state index in [2.05, 4.69) is 30.0 Å². The van der Waals surface area contributed by atoms with Crippen molar-refractivity contribution < 1.29 is 4.79 Å². The second-order valence-corrected chi connectivity index (χ2v) is 5.78. The number of benzene rings is 1. The summed E-state index contributed by atoms with van der Waals surface area (Å²) in [5.41, 5.74) is 2.43. The first-order valence-electron chi connectivity index (χ1n) is 7.38. The van der Waals surface area contributed by atoms with Gasteiger partial charge in [-0.1, -0.05) is 24.6 Å². The van der Waals surface area contributed by atoms with Crippen molar-refractivity contribution in [1.82, 2.24) is 4.90 Å². The SMILES string of the molecule is C[C@H]1Cc2ccccc2N1C(=O)CN1CCCCC1. The molecule has 1 aromatic carbocycles. The zero-order chi connectivity index (χ0) is 13.2. The summed E-state index contributed by atoms with van der Waals surface area (Å²) in [4.78, 5) is 16.9. The molecule has 3 rings (SSSR count). The van der Waals surface area contributed by atoms with Crippen molar-refractivity contribution in [3.63, 3.8) is 0 Å². The summed E-state index contributed by atoms with van der Waals surface area (Å²) < 4.78 is 0. The van der Waals surface area contributed by atoms with E-state index in [9.17, 15) is 4.79 Å². The number of likely N-dealkylation sites (tertiary alicyclic amines) is 1. The molecular weight excluding hydrogens is 236 g/mol. The Morgan fingerprint density at radius 3 is 2.74 bits per heavy atom. The number of amides is 1. The lowest BCUT2D eigenvalue weighted by Gasteiger charge is -2.29. The molecule has 2 aliphatic heterocycles. The van der Waals surface area contributed by atoms with E-state index in [1.165, 1.54) is 24.8 Å². The average molecular weight is 258 g/mol. The number of nitrogens with zero attached hydrogens (tertiary/aromatic N) is 2. The van der Waals surface area contributed by atoms with Crippen molar-refractivity contribution in [3.05, 3.63) is 29.8 Å². The molecule has 0 bridgehead atoms. The van der Waals surface area contributed by atoms with Gasteiger partial charge in [0.05, 0.1) is 6.54 Å². The molecule has 0 aliphatic carbocycles. The number of fused-ring (bicyclic) bond motifs is 1. The topological polar surface area (TPSA) is 23.6 Å². The van der Waals surface area contributed by atoms with Gasteiger partial charge >= 0.3 is 0 Å². The van der Waals surface area contributed by atoms with E-state index in [4.69, 9.17) is 0 Å². The molecule has 2 aliphatic rings. The van der Waals surface area contributed by atoms with E-state index in [0.717, 1.165) is 25.2 Å². The minimum absolute atomic E-state index is 0.263. The monoisotopic (exact) mass is 258 g/mol. The van der Waals surface area contributed by atoms with Crippen LogP contribution in [0.25, 0.3) is 0 Å². The lowest BCUT2D eigenvalue weighted by molar-refractivity contribution is -0.120. The molecule has 19 heavy (non-hydrogen) atoms. The Kier molecular flexibility index (Phi) is 3.56. The van der Waals surface area contributed by atoms with E-state index < -0.39 is 0 Å². The molecule has 0 saturated carbocycles. The molecular formula is C16H22N2O. The molecule has 0 aromatic heterocycles. The maximum Gasteiger partial charge on any atom is 0.241 e. The molecule has 102 valence electrons. The Morgan fingerprint density at radius 1 is 1.21 bits per heavy atom. The zero-order valence-electron chi connectivity index (χ0n) is 11.6. The highest BCUT2D eigenvalue weighted by Crippen LogP contribution is 2.31. The third kappa shape index (κ3) is 2.52. The highest BCUT2D eigenvalue weighted by Gasteiger charge is 2.31. The van der Waals surface area contributed by atoms with Crippen LogP contribution < -0.4 is 4.90 Å². The minimum atomic E-state index is 0.263. The fraction of sp³-hybridized carbons (Fsp3) is 0.562. The number of piperidine rings is 1. The molecule has 1 fully saturated rings. The molecule has 3 nitrogen and oxygen atoms in total. The van der Waals surface area contributed by atoms with Crippen LogP contribution in [0.2, 0.25) is 0 Å².